The van der Waals surface area contributed by atoms with Gasteiger partial charge in [-0.15, -0.1) is 6.42 Å². The average Bonchev–Trinajstić information content (AvgIpc) is 3.03. The smallest absolute Gasteiger partial charge is 0.463 e. The van der Waals surface area contributed by atoms with Crippen LogP contribution in [0.3, 0.4) is 0 Å². The number of fused-ring (bicyclic) bond motifs is 1. The van der Waals surface area contributed by atoms with E-state index in [-0.39, 0.29) is 37.9 Å². The Bertz CT molecular complexity index is 911. The number of methoxy groups -OCH3 is 1. The second kappa shape index (κ2) is 10.1. The molecule has 33 heavy (non-hydrogen) atoms. The summed E-state index contributed by atoms with van der Waals surface area (Å²) in [5.74, 6) is 1.31. The Labute approximate surface area is 192 Å². The first-order chi connectivity index (χ1) is 15.5. The molecular formula is C21H28NO10P. The number of amides is 1. The molecular weight excluding hydrogens is 457 g/mol. The SMILES string of the molecule is C#C[C@]1(C)[C@@H]2O[P@@](=O)(OC[C@H](CC(=O)OC(C)C)OC)OC[C@H]2O[C@H]1N1C=CC(=O)CC1=O. The van der Waals surface area contributed by atoms with Crippen LogP contribution in [0.1, 0.15) is 33.6 Å². The van der Waals surface area contributed by atoms with Gasteiger partial charge in [-0.25, -0.2) is 4.57 Å². The highest BCUT2D eigenvalue weighted by molar-refractivity contribution is 7.48. The first-order valence-electron chi connectivity index (χ1n) is 10.5. The molecule has 3 aliphatic heterocycles. The van der Waals surface area contributed by atoms with Gasteiger partial charge in [0.15, 0.2) is 12.0 Å². The van der Waals surface area contributed by atoms with Crippen LogP contribution in [0.25, 0.3) is 0 Å². The standard InChI is InChI=1S/C21H28NO10P/c1-6-21(4)19-16(31-20(21)22-8-7-14(23)9-17(22)24)12-29-33(26,32-19)28-11-15(27-5)10-18(25)30-13(2)3/h1,7-8,13,15-16,19-20H,9-12H2,2-5H3/t15-,16+,19+,20+,21+,33-/m0/s1. The van der Waals surface area contributed by atoms with E-state index >= 15 is 0 Å². The van der Waals surface area contributed by atoms with Gasteiger partial charge in [0.05, 0.1) is 38.3 Å². The summed E-state index contributed by atoms with van der Waals surface area (Å²) in [4.78, 5) is 37.0. The van der Waals surface area contributed by atoms with Gasteiger partial charge in [0.1, 0.15) is 17.6 Å². The number of hydrogen-bond acceptors (Lipinski definition) is 10. The summed E-state index contributed by atoms with van der Waals surface area (Å²) in [5, 5.41) is 0. The van der Waals surface area contributed by atoms with Crippen molar-refractivity contribution in [1.82, 2.24) is 4.90 Å². The Morgan fingerprint density at radius 1 is 1.42 bits per heavy atom. The Morgan fingerprint density at radius 2 is 2.15 bits per heavy atom. The fourth-order valence-electron chi connectivity index (χ4n) is 3.76. The lowest BCUT2D eigenvalue weighted by Gasteiger charge is -2.37. The van der Waals surface area contributed by atoms with E-state index in [1.54, 1.807) is 20.8 Å². The molecule has 0 N–H and O–H groups in total. The first kappa shape index (κ1) is 25.6. The molecule has 0 radical (unpaired) electrons. The van der Waals surface area contributed by atoms with Gasteiger partial charge >= 0.3 is 13.8 Å². The van der Waals surface area contributed by atoms with Crippen molar-refractivity contribution in [3.63, 3.8) is 0 Å². The minimum absolute atomic E-state index is 0.115. The minimum atomic E-state index is -4.09. The molecule has 2 saturated heterocycles. The molecule has 12 heteroatoms. The number of phosphoric ester groups is 1. The summed E-state index contributed by atoms with van der Waals surface area (Å²) in [6.07, 6.45) is 4.34. The maximum atomic E-state index is 13.2. The number of hydrogen-bond donors (Lipinski definition) is 0. The summed E-state index contributed by atoms with van der Waals surface area (Å²) in [7, 11) is -2.71. The number of rotatable bonds is 8. The zero-order valence-electron chi connectivity index (χ0n) is 18.9. The lowest BCUT2D eigenvalue weighted by atomic mass is 9.82. The molecule has 3 rings (SSSR count). The zero-order valence-corrected chi connectivity index (χ0v) is 19.8. The summed E-state index contributed by atoms with van der Waals surface area (Å²) >= 11 is 0. The van der Waals surface area contributed by atoms with Crippen molar-refractivity contribution in [2.75, 3.05) is 20.3 Å². The van der Waals surface area contributed by atoms with Crippen molar-refractivity contribution in [1.29, 1.82) is 0 Å². The zero-order chi connectivity index (χ0) is 24.4. The largest absolute Gasteiger partial charge is 0.475 e. The van der Waals surface area contributed by atoms with E-state index in [4.69, 9.17) is 34.2 Å². The van der Waals surface area contributed by atoms with Crippen molar-refractivity contribution >= 4 is 25.5 Å². The van der Waals surface area contributed by atoms with Gasteiger partial charge in [-0.05, 0) is 26.8 Å². The number of carbonyl (C=O) groups is 3. The monoisotopic (exact) mass is 485 g/mol. The number of carbonyl (C=O) groups excluding carboxylic acids is 3. The fraction of sp³-hybridized carbons (Fsp3) is 0.667. The number of terminal acetylenes is 1. The number of nitrogens with zero attached hydrogens (tertiary/aromatic N) is 1. The fourth-order valence-corrected chi connectivity index (χ4v) is 5.26. The highest BCUT2D eigenvalue weighted by atomic mass is 31.2. The molecule has 3 heterocycles. The van der Waals surface area contributed by atoms with Gasteiger partial charge in [0.25, 0.3) is 0 Å². The number of phosphoric acid groups is 1. The van der Waals surface area contributed by atoms with Gasteiger partial charge < -0.3 is 14.2 Å². The van der Waals surface area contributed by atoms with Crippen LogP contribution in [0.2, 0.25) is 0 Å². The molecule has 0 aromatic heterocycles. The summed E-state index contributed by atoms with van der Waals surface area (Å²) < 4.78 is 45.8. The van der Waals surface area contributed by atoms with Gasteiger partial charge in [-0.1, -0.05) is 5.92 Å². The minimum Gasteiger partial charge on any atom is -0.463 e. The molecule has 0 saturated carbocycles. The van der Waals surface area contributed by atoms with Crippen molar-refractivity contribution in [3.05, 3.63) is 12.3 Å². The van der Waals surface area contributed by atoms with Gasteiger partial charge in [0, 0.05) is 13.3 Å². The van der Waals surface area contributed by atoms with Crippen molar-refractivity contribution < 1.29 is 46.7 Å². The molecule has 0 aromatic rings. The molecule has 1 amide bonds. The topological polar surface area (TPSA) is 127 Å². The van der Waals surface area contributed by atoms with Crippen LogP contribution in [-0.2, 0) is 46.7 Å². The quantitative estimate of drug-likeness (QED) is 0.216. The third-order valence-electron chi connectivity index (χ3n) is 5.50. The molecule has 6 atom stereocenters. The van der Waals surface area contributed by atoms with E-state index in [1.807, 2.05) is 0 Å². The predicted octanol–water partition coefficient (Wildman–Crippen LogP) is 1.56. The Kier molecular flexibility index (Phi) is 7.79. The van der Waals surface area contributed by atoms with Gasteiger partial charge in [0.2, 0.25) is 5.91 Å². The number of ketones is 1. The highest BCUT2D eigenvalue weighted by Crippen LogP contribution is 2.59. The molecule has 0 spiro atoms. The summed E-state index contributed by atoms with van der Waals surface area (Å²) in [6, 6.07) is 0. The lowest BCUT2D eigenvalue weighted by molar-refractivity contribution is -0.151. The van der Waals surface area contributed by atoms with E-state index in [0.717, 1.165) is 0 Å². The van der Waals surface area contributed by atoms with Crippen LogP contribution in [-0.4, -0.2) is 73.5 Å². The number of ether oxygens (including phenoxy) is 3. The molecule has 182 valence electrons. The van der Waals surface area contributed by atoms with E-state index in [2.05, 4.69) is 5.92 Å². The average molecular weight is 485 g/mol. The van der Waals surface area contributed by atoms with Crippen LogP contribution in [0.5, 0.6) is 0 Å². The van der Waals surface area contributed by atoms with Crippen LogP contribution in [0.4, 0.5) is 0 Å². The second-order valence-corrected chi connectivity index (χ2v) is 10.0. The number of allylic oxidation sites excluding steroid dienone is 1. The normalized spacial score (nSPS) is 34.8. The van der Waals surface area contributed by atoms with E-state index in [0.29, 0.717) is 0 Å². The van der Waals surface area contributed by atoms with Gasteiger partial charge in [-0.3, -0.25) is 32.9 Å². The van der Waals surface area contributed by atoms with E-state index in [9.17, 15) is 18.9 Å². The molecule has 11 nitrogen and oxygen atoms in total. The van der Waals surface area contributed by atoms with Crippen LogP contribution in [0.15, 0.2) is 12.3 Å². The molecule has 0 aromatic carbocycles. The highest BCUT2D eigenvalue weighted by Gasteiger charge is 2.61. The molecule has 0 bridgehead atoms. The van der Waals surface area contributed by atoms with Crippen LogP contribution < -0.4 is 0 Å². The van der Waals surface area contributed by atoms with E-state index < -0.39 is 49.7 Å². The predicted molar refractivity (Wildman–Crippen MR) is 112 cm³/mol. The van der Waals surface area contributed by atoms with Crippen molar-refractivity contribution in [3.8, 4) is 12.3 Å². The molecule has 2 fully saturated rings. The summed E-state index contributed by atoms with van der Waals surface area (Å²) in [5.41, 5.74) is -1.21. The van der Waals surface area contributed by atoms with Crippen molar-refractivity contribution in [2.24, 2.45) is 5.41 Å². The third kappa shape index (κ3) is 5.54. The van der Waals surface area contributed by atoms with E-state index in [1.165, 1.54) is 24.3 Å². The molecule has 0 aliphatic carbocycles. The third-order valence-corrected chi connectivity index (χ3v) is 6.91. The maximum Gasteiger partial charge on any atom is 0.475 e. The Morgan fingerprint density at radius 3 is 2.76 bits per heavy atom. The summed E-state index contributed by atoms with van der Waals surface area (Å²) in [6.45, 7) is 4.66. The number of esters is 1. The van der Waals surface area contributed by atoms with Gasteiger partial charge in [-0.2, -0.15) is 0 Å². The molecule has 0 unspecified atom stereocenters. The first-order valence-corrected chi connectivity index (χ1v) is 11.9. The second-order valence-electron chi connectivity index (χ2n) is 8.38. The Hall–Kier alpha value is -2.06. The van der Waals surface area contributed by atoms with Crippen LogP contribution in [0, 0.1) is 17.8 Å². The Balaban J connectivity index is 1.69. The lowest BCUT2D eigenvalue weighted by Crippen LogP contribution is -2.49. The maximum absolute atomic E-state index is 13.2. The van der Waals surface area contributed by atoms with Crippen LogP contribution >= 0.6 is 7.82 Å². The molecule has 3 aliphatic rings. The van der Waals surface area contributed by atoms with Crippen molar-refractivity contribution in [2.45, 2.75) is 64.3 Å².